The molecule has 11 heteroatoms. The number of aliphatic carboxylic acids is 1. The fourth-order valence-corrected chi connectivity index (χ4v) is 4.81. The molecule has 3 heterocycles. The Kier molecular flexibility index (Phi) is 7.04. The zero-order chi connectivity index (χ0) is 20.5. The van der Waals surface area contributed by atoms with E-state index in [0.29, 0.717) is 16.6 Å². The number of carboxylic acids is 1. The summed E-state index contributed by atoms with van der Waals surface area (Å²) in [4.78, 5) is 33.3. The number of carboxylic acid groups (broad SMARTS) is 1. The van der Waals surface area contributed by atoms with Crippen LogP contribution in [0.3, 0.4) is 0 Å². The zero-order valence-corrected chi connectivity index (χ0v) is 19.5. The second kappa shape index (κ2) is 9.36. The van der Waals surface area contributed by atoms with Gasteiger partial charge in [0.05, 0.1) is 5.69 Å². The van der Waals surface area contributed by atoms with Gasteiger partial charge in [0.1, 0.15) is 11.1 Å². The third-order valence-corrected chi connectivity index (χ3v) is 6.28. The van der Waals surface area contributed by atoms with Crippen molar-refractivity contribution in [3.8, 4) is 0 Å². The Morgan fingerprint density at radius 3 is 2.73 bits per heavy atom. The minimum absolute atomic E-state index is 0. The van der Waals surface area contributed by atoms with Gasteiger partial charge in [-0.15, -0.1) is 23.1 Å². The molecule has 148 valence electrons. The van der Waals surface area contributed by atoms with Gasteiger partial charge in [0.25, 0.3) is 5.91 Å². The van der Waals surface area contributed by atoms with Crippen LogP contribution in [-0.2, 0) is 9.59 Å². The number of carbonyl (C=O) groups excluding carboxylic acids is 1. The van der Waals surface area contributed by atoms with Gasteiger partial charge in [-0.25, -0.2) is 9.78 Å². The number of aliphatic imine (C=N–C) groups is 1. The minimum atomic E-state index is -1.17. The summed E-state index contributed by atoms with van der Waals surface area (Å²) in [6.07, 6.45) is 3.13. The van der Waals surface area contributed by atoms with E-state index in [4.69, 9.17) is 5.73 Å². The zero-order valence-electron chi connectivity index (χ0n) is 15.9. The molecule has 0 radical (unpaired) electrons. The van der Waals surface area contributed by atoms with Gasteiger partial charge in [-0.2, -0.15) is 0 Å². The van der Waals surface area contributed by atoms with Gasteiger partial charge in [-0.1, -0.05) is 30.3 Å². The molecule has 2 atom stereocenters. The van der Waals surface area contributed by atoms with Crippen LogP contribution in [0.25, 0.3) is 11.6 Å². The number of nitrogens with two attached hydrogens (primary N) is 1. The Morgan fingerprint density at radius 1 is 1.37 bits per heavy atom. The molecular formula is C19H15N4NaO4S2. The van der Waals surface area contributed by atoms with E-state index in [1.807, 2.05) is 30.3 Å². The quantitative estimate of drug-likeness (QED) is 0.240. The van der Waals surface area contributed by atoms with Gasteiger partial charge < -0.3 is 15.9 Å². The number of carbonyl (C=O) groups is 2. The van der Waals surface area contributed by atoms with E-state index in [1.165, 1.54) is 34.1 Å². The number of amides is 1. The summed E-state index contributed by atoms with van der Waals surface area (Å²) >= 11 is 2.57. The molecule has 1 amide bonds. The Bertz CT molecular complexity index is 1070. The molecule has 1 saturated heterocycles. The Hall–Kier alpha value is -2.11. The van der Waals surface area contributed by atoms with Crippen molar-refractivity contribution in [3.05, 3.63) is 58.7 Å². The second-order valence-electron chi connectivity index (χ2n) is 6.25. The number of hydrogen-bond donors (Lipinski definition) is 2. The van der Waals surface area contributed by atoms with Crippen LogP contribution in [0.5, 0.6) is 0 Å². The van der Waals surface area contributed by atoms with Crippen molar-refractivity contribution in [2.75, 3.05) is 11.5 Å². The summed E-state index contributed by atoms with van der Waals surface area (Å²) < 4.78 is 0. The van der Waals surface area contributed by atoms with Crippen molar-refractivity contribution in [1.29, 1.82) is 0 Å². The number of nitrogen functional groups attached to an aromatic ring is 1. The summed E-state index contributed by atoms with van der Waals surface area (Å²) in [5.74, 6) is -1.83. The standard InChI is InChI=1S/C19H16N4O4S2.Na/c20-19-21-12(9-29-19)11(8-10-4-2-1-3-5-10)15(24)22-14-16(25)23-13(18(26)27)6-7-28-17(14)23;/h1-6,8-9,14,17H,7H2,(H2,20,21)(H,22,24)(H,26,27);/q;+1/p-1/b11-8-;/t14-,17-;/m1./s1. The van der Waals surface area contributed by atoms with Crippen LogP contribution < -0.4 is 40.4 Å². The molecule has 0 bridgehead atoms. The molecule has 0 aliphatic carbocycles. The summed E-state index contributed by atoms with van der Waals surface area (Å²) in [6.45, 7) is 0. The van der Waals surface area contributed by atoms with Gasteiger partial charge in [0, 0.05) is 16.7 Å². The average Bonchev–Trinajstić information content (AvgIpc) is 3.15. The largest absolute Gasteiger partial charge is 1.00 e. The monoisotopic (exact) mass is 450 g/mol. The first-order chi connectivity index (χ1) is 14.0. The first-order valence-corrected chi connectivity index (χ1v) is 10.5. The van der Waals surface area contributed by atoms with Crippen molar-refractivity contribution in [2.24, 2.45) is 4.99 Å². The fourth-order valence-electron chi connectivity index (χ4n) is 3.07. The summed E-state index contributed by atoms with van der Waals surface area (Å²) in [6, 6.07) is 8.28. The predicted octanol–water partition coefficient (Wildman–Crippen LogP) is -1.72. The normalized spacial score (nSPS) is 21.3. The summed E-state index contributed by atoms with van der Waals surface area (Å²) in [7, 11) is 0. The van der Waals surface area contributed by atoms with Crippen LogP contribution in [0.2, 0.25) is 0 Å². The van der Waals surface area contributed by atoms with E-state index in [9.17, 15) is 19.8 Å². The Labute approximate surface area is 202 Å². The third kappa shape index (κ3) is 4.33. The van der Waals surface area contributed by atoms with E-state index in [1.54, 1.807) is 11.5 Å². The first kappa shape index (κ1) is 22.6. The van der Waals surface area contributed by atoms with E-state index < -0.39 is 29.2 Å². The van der Waals surface area contributed by atoms with Crippen molar-refractivity contribution in [2.45, 2.75) is 11.4 Å². The summed E-state index contributed by atoms with van der Waals surface area (Å²) in [5.41, 5.74) is 7.04. The van der Waals surface area contributed by atoms with E-state index in [0.717, 1.165) is 5.56 Å². The number of β-lactam (4-membered cyclic amide) rings is 1. The van der Waals surface area contributed by atoms with E-state index in [2.05, 4.69) is 9.98 Å². The summed E-state index contributed by atoms with van der Waals surface area (Å²) in [5, 5.41) is 23.7. The van der Waals surface area contributed by atoms with Crippen LogP contribution in [-0.4, -0.2) is 49.9 Å². The molecule has 30 heavy (non-hydrogen) atoms. The number of fused-ring (bicyclic) bond motifs is 1. The average molecular weight is 450 g/mol. The van der Waals surface area contributed by atoms with Gasteiger partial charge in [0.2, 0.25) is 0 Å². The molecule has 2 aliphatic rings. The number of hydrogen-bond acceptors (Lipinski definition) is 8. The molecule has 0 saturated carbocycles. The van der Waals surface area contributed by atoms with Crippen LogP contribution in [0.1, 0.15) is 11.3 Å². The van der Waals surface area contributed by atoms with Crippen LogP contribution >= 0.6 is 23.1 Å². The maximum Gasteiger partial charge on any atom is 1.00 e. The molecule has 8 nitrogen and oxygen atoms in total. The topological polar surface area (TPSA) is 132 Å². The Morgan fingerprint density at radius 2 is 2.10 bits per heavy atom. The van der Waals surface area contributed by atoms with Gasteiger partial charge in [-0.3, -0.25) is 14.7 Å². The molecule has 4 rings (SSSR count). The van der Waals surface area contributed by atoms with Gasteiger partial charge in [-0.05, 0) is 23.6 Å². The molecule has 3 N–H and O–H groups in total. The number of aromatic nitrogens is 1. The van der Waals surface area contributed by atoms with Gasteiger partial charge in [0.15, 0.2) is 11.2 Å². The smallest absolute Gasteiger partial charge is 0.858 e. The Balaban J connectivity index is 0.00000256. The number of benzene rings is 1. The van der Waals surface area contributed by atoms with Crippen LogP contribution in [0.4, 0.5) is 5.13 Å². The molecule has 2 aliphatic heterocycles. The van der Waals surface area contributed by atoms with E-state index >= 15 is 0 Å². The van der Waals surface area contributed by atoms with Crippen LogP contribution in [0, 0.1) is 0 Å². The number of rotatable bonds is 5. The number of nitrogens with zero attached hydrogens (tertiary/aromatic N) is 3. The predicted molar refractivity (Wildman–Crippen MR) is 111 cm³/mol. The fraction of sp³-hybridized carbons (Fsp3) is 0.158. The minimum Gasteiger partial charge on any atom is -0.858 e. The van der Waals surface area contributed by atoms with Gasteiger partial charge >= 0.3 is 35.5 Å². The van der Waals surface area contributed by atoms with Crippen molar-refractivity contribution >= 4 is 57.7 Å². The SMILES string of the molecule is Nc1nc(/C(=C/c2ccccc2)C([O-])=N[C@@H]2C(=O)N3C(C(=O)O)=CCS[C@H]23)cs1.[Na+]. The van der Waals surface area contributed by atoms with Crippen molar-refractivity contribution in [3.63, 3.8) is 0 Å². The molecular weight excluding hydrogens is 435 g/mol. The third-order valence-electron chi connectivity index (χ3n) is 4.43. The second-order valence-corrected chi connectivity index (χ2v) is 8.28. The van der Waals surface area contributed by atoms with E-state index in [-0.39, 0.29) is 40.8 Å². The molecule has 1 aromatic carbocycles. The van der Waals surface area contributed by atoms with Crippen LogP contribution in [0.15, 0.2) is 52.5 Å². The molecule has 2 aromatic rings. The number of anilines is 1. The number of thioether (sulfide) groups is 1. The molecule has 1 aromatic heterocycles. The molecule has 1 fully saturated rings. The van der Waals surface area contributed by atoms with Crippen molar-refractivity contribution in [1.82, 2.24) is 9.88 Å². The molecule has 0 spiro atoms. The maximum absolute atomic E-state index is 13.0. The molecule has 0 unspecified atom stereocenters. The first-order valence-electron chi connectivity index (χ1n) is 8.57. The number of thiazole rings is 1. The van der Waals surface area contributed by atoms with Crippen molar-refractivity contribution < 1.29 is 49.4 Å². The maximum atomic E-state index is 13.0.